The fourth-order valence-electron chi connectivity index (χ4n) is 5.15. The van der Waals surface area contributed by atoms with Crippen LogP contribution in [-0.2, 0) is 28.1 Å². The number of ether oxygens (including phenoxy) is 2. The highest BCUT2D eigenvalue weighted by molar-refractivity contribution is 6.34. The van der Waals surface area contributed by atoms with Gasteiger partial charge in [-0.25, -0.2) is 8.91 Å². The maximum absolute atomic E-state index is 13.5. The second kappa shape index (κ2) is 9.52. The molecule has 6 rings (SSSR count). The van der Waals surface area contributed by atoms with E-state index in [0.717, 1.165) is 22.5 Å². The molecule has 0 bridgehead atoms. The van der Waals surface area contributed by atoms with Crippen LogP contribution in [0.25, 0.3) is 16.8 Å². The smallest absolute Gasteiger partial charge is 0.246 e. The fraction of sp³-hybridized carbons (Fsp3) is 0.333. The van der Waals surface area contributed by atoms with Crippen molar-refractivity contribution >= 4 is 23.0 Å². The molecule has 1 atom stereocenters. The van der Waals surface area contributed by atoms with Gasteiger partial charge in [0.05, 0.1) is 42.0 Å². The zero-order valence-corrected chi connectivity index (χ0v) is 21.6. The van der Waals surface area contributed by atoms with Gasteiger partial charge in [0.25, 0.3) is 0 Å². The highest BCUT2D eigenvalue weighted by Gasteiger charge is 2.43. The summed E-state index contributed by atoms with van der Waals surface area (Å²) in [7, 11) is 0. The Hall–Kier alpha value is -3.76. The third kappa shape index (κ3) is 4.13. The van der Waals surface area contributed by atoms with Gasteiger partial charge >= 0.3 is 0 Å². The van der Waals surface area contributed by atoms with Crippen molar-refractivity contribution in [3.8, 4) is 17.0 Å². The molecular formula is C27H26ClFN6O3. The minimum absolute atomic E-state index is 0.0690. The number of halogens is 2. The molecule has 38 heavy (non-hydrogen) atoms. The number of carbonyl (C=O) groups is 1. The van der Waals surface area contributed by atoms with Crippen LogP contribution in [0.1, 0.15) is 23.4 Å². The van der Waals surface area contributed by atoms with Crippen molar-refractivity contribution in [1.29, 1.82) is 0 Å². The molecule has 0 aliphatic carbocycles. The van der Waals surface area contributed by atoms with Gasteiger partial charge in [-0.1, -0.05) is 18.2 Å². The third-order valence-corrected chi connectivity index (χ3v) is 7.63. The number of hydrogen-bond acceptors (Lipinski definition) is 6. The Bertz CT molecular complexity index is 1540. The molecule has 2 aliphatic rings. The van der Waals surface area contributed by atoms with E-state index in [-0.39, 0.29) is 12.5 Å². The summed E-state index contributed by atoms with van der Waals surface area (Å²) >= 11 is 6.48. The lowest BCUT2D eigenvalue weighted by atomic mass is 9.91. The first-order chi connectivity index (χ1) is 18.4. The standard InChI is InChI=1S/C27H26ClFN6O3/c1-3-24(36)33-8-6-21-17(2)25(32-34(21)10-9-33)18-12-22(26-20(28)14-31-35(26)15-18)37-16-27(7-11-38-27)23-5-4-19(29)13-30-23/h3-5,12-15H,1,6-11,16H2,2H3. The minimum atomic E-state index is -0.760. The van der Waals surface area contributed by atoms with Crippen LogP contribution >= 0.6 is 11.6 Å². The van der Waals surface area contributed by atoms with Crippen molar-refractivity contribution in [2.45, 2.75) is 31.9 Å². The number of carbonyl (C=O) groups excluding carboxylic acids is 1. The maximum atomic E-state index is 13.5. The van der Waals surface area contributed by atoms with Crippen molar-refractivity contribution in [1.82, 2.24) is 29.3 Å². The first kappa shape index (κ1) is 24.6. The molecule has 0 aromatic carbocycles. The summed E-state index contributed by atoms with van der Waals surface area (Å²) in [6.07, 6.45) is 7.39. The zero-order chi connectivity index (χ0) is 26.4. The number of aromatic nitrogens is 5. The van der Waals surface area contributed by atoms with Crippen LogP contribution in [0.4, 0.5) is 4.39 Å². The number of hydrogen-bond donors (Lipinski definition) is 0. The Balaban J connectivity index is 1.33. The second-order valence-electron chi connectivity index (χ2n) is 9.54. The largest absolute Gasteiger partial charge is 0.488 e. The van der Waals surface area contributed by atoms with Crippen LogP contribution in [0.5, 0.6) is 5.75 Å². The Kier molecular flexibility index (Phi) is 6.16. The molecule has 1 fully saturated rings. The Labute approximate surface area is 223 Å². The van der Waals surface area contributed by atoms with Gasteiger partial charge in [-0.15, -0.1) is 0 Å². The van der Waals surface area contributed by atoms with E-state index in [2.05, 4.69) is 16.7 Å². The average molecular weight is 537 g/mol. The molecule has 196 valence electrons. The molecule has 0 N–H and O–H groups in total. The Morgan fingerprint density at radius 2 is 2.16 bits per heavy atom. The van der Waals surface area contributed by atoms with Gasteiger partial charge in [-0.2, -0.15) is 10.2 Å². The lowest BCUT2D eigenvalue weighted by Crippen LogP contribution is -2.46. The van der Waals surface area contributed by atoms with Gasteiger partial charge in [0.1, 0.15) is 29.3 Å². The quantitative estimate of drug-likeness (QED) is 0.347. The van der Waals surface area contributed by atoms with Crippen LogP contribution < -0.4 is 4.74 Å². The minimum Gasteiger partial charge on any atom is -0.488 e. The first-order valence-electron chi connectivity index (χ1n) is 12.4. The van der Waals surface area contributed by atoms with E-state index >= 15 is 0 Å². The van der Waals surface area contributed by atoms with Gasteiger partial charge in [-0.05, 0) is 36.8 Å². The molecule has 1 unspecified atom stereocenters. The van der Waals surface area contributed by atoms with Crippen molar-refractivity contribution in [3.63, 3.8) is 0 Å². The van der Waals surface area contributed by atoms with Crippen molar-refractivity contribution in [3.05, 3.63) is 77.2 Å². The van der Waals surface area contributed by atoms with Crippen LogP contribution in [0.3, 0.4) is 0 Å². The Morgan fingerprint density at radius 3 is 2.87 bits per heavy atom. The van der Waals surface area contributed by atoms with Gasteiger partial charge in [0.15, 0.2) is 0 Å². The topological polar surface area (TPSA) is 86.8 Å². The van der Waals surface area contributed by atoms with Gasteiger partial charge in [0.2, 0.25) is 5.91 Å². The molecule has 0 spiro atoms. The summed E-state index contributed by atoms with van der Waals surface area (Å²) in [6.45, 7) is 8.16. The summed E-state index contributed by atoms with van der Waals surface area (Å²) < 4.78 is 29.4. The van der Waals surface area contributed by atoms with Crippen LogP contribution in [0.15, 0.2) is 49.4 Å². The van der Waals surface area contributed by atoms with E-state index in [1.807, 2.05) is 23.9 Å². The number of rotatable bonds is 6. The second-order valence-corrected chi connectivity index (χ2v) is 9.95. The first-order valence-corrected chi connectivity index (χ1v) is 12.8. The highest BCUT2D eigenvalue weighted by atomic mass is 35.5. The maximum Gasteiger partial charge on any atom is 0.246 e. The van der Waals surface area contributed by atoms with E-state index in [9.17, 15) is 9.18 Å². The lowest BCUT2D eigenvalue weighted by Gasteiger charge is -2.40. The summed E-state index contributed by atoms with van der Waals surface area (Å²) in [6, 6.07) is 4.91. The van der Waals surface area contributed by atoms with Crippen LogP contribution in [0.2, 0.25) is 5.02 Å². The zero-order valence-electron chi connectivity index (χ0n) is 20.9. The monoisotopic (exact) mass is 536 g/mol. The normalized spacial score (nSPS) is 19.1. The van der Waals surface area contributed by atoms with Crippen LogP contribution in [0, 0.1) is 12.7 Å². The molecule has 6 heterocycles. The van der Waals surface area contributed by atoms with Gasteiger partial charge in [-0.3, -0.25) is 14.5 Å². The van der Waals surface area contributed by atoms with Crippen molar-refractivity contribution < 1.29 is 18.7 Å². The van der Waals surface area contributed by atoms with E-state index < -0.39 is 11.4 Å². The molecule has 4 aromatic rings. The van der Waals surface area contributed by atoms with E-state index in [0.29, 0.717) is 61.1 Å². The summed E-state index contributed by atoms with van der Waals surface area (Å²) in [5, 5.41) is 9.77. The third-order valence-electron chi connectivity index (χ3n) is 7.35. The molecule has 1 saturated heterocycles. The van der Waals surface area contributed by atoms with E-state index in [1.54, 1.807) is 21.7 Å². The predicted octanol–water partition coefficient (Wildman–Crippen LogP) is 3.96. The molecule has 11 heteroatoms. The van der Waals surface area contributed by atoms with Crippen molar-refractivity contribution in [2.24, 2.45) is 0 Å². The number of amides is 1. The average Bonchev–Trinajstić information content (AvgIpc) is 3.34. The number of nitrogens with zero attached hydrogens (tertiary/aromatic N) is 6. The molecule has 1 amide bonds. The van der Waals surface area contributed by atoms with Gasteiger partial charge in [0, 0.05) is 43.4 Å². The van der Waals surface area contributed by atoms with Crippen LogP contribution in [-0.4, -0.2) is 61.5 Å². The Morgan fingerprint density at radius 1 is 1.32 bits per heavy atom. The lowest BCUT2D eigenvalue weighted by molar-refractivity contribution is -0.175. The van der Waals surface area contributed by atoms with Gasteiger partial charge < -0.3 is 14.4 Å². The summed E-state index contributed by atoms with van der Waals surface area (Å²) in [4.78, 5) is 18.1. The SMILES string of the molecule is C=CC(=O)N1CCc2c(C)c(-c3cc(OCC4(c5ccc(F)cn5)CCO4)c4c(Cl)cnn4c3)nn2CC1. The summed E-state index contributed by atoms with van der Waals surface area (Å²) in [5.74, 6) is 0.0614. The molecular weight excluding hydrogens is 511 g/mol. The molecule has 2 aliphatic heterocycles. The fourth-order valence-corrected chi connectivity index (χ4v) is 5.37. The molecule has 9 nitrogen and oxygen atoms in total. The predicted molar refractivity (Wildman–Crippen MR) is 139 cm³/mol. The molecule has 4 aromatic heterocycles. The summed E-state index contributed by atoms with van der Waals surface area (Å²) in [5.41, 5.74) is 4.26. The molecule has 0 radical (unpaired) electrons. The number of pyridine rings is 2. The van der Waals surface area contributed by atoms with E-state index in [4.69, 9.17) is 26.2 Å². The van der Waals surface area contributed by atoms with Crippen molar-refractivity contribution in [2.75, 3.05) is 26.3 Å². The molecule has 0 saturated carbocycles. The number of fused-ring (bicyclic) bond motifs is 2. The van der Waals surface area contributed by atoms with E-state index in [1.165, 1.54) is 18.3 Å². The highest BCUT2D eigenvalue weighted by Crippen LogP contribution is 2.39.